The molecular formula is C15H11ClN2O. The molecule has 4 heteroatoms. The Morgan fingerprint density at radius 1 is 1.16 bits per heavy atom. The van der Waals surface area contributed by atoms with Gasteiger partial charge in [0.2, 0.25) is 0 Å². The van der Waals surface area contributed by atoms with Crippen LogP contribution in [0.2, 0.25) is 5.02 Å². The molecule has 0 amide bonds. The number of hydrogen-bond acceptors (Lipinski definition) is 2. The van der Waals surface area contributed by atoms with Crippen molar-refractivity contribution >= 4 is 22.6 Å². The number of aromatic amines is 1. The Bertz CT molecular complexity index is 766. The van der Waals surface area contributed by atoms with E-state index in [1.807, 2.05) is 36.4 Å². The third-order valence-electron chi connectivity index (χ3n) is 3.51. The normalized spacial score (nSPS) is 17.4. The predicted molar refractivity (Wildman–Crippen MR) is 74.9 cm³/mol. The third-order valence-corrected chi connectivity index (χ3v) is 3.82. The number of nitrogens with zero attached hydrogens (tertiary/aromatic N) is 1. The third kappa shape index (κ3) is 1.62. The van der Waals surface area contributed by atoms with Gasteiger partial charge in [-0.2, -0.15) is 0 Å². The molecular weight excluding hydrogens is 260 g/mol. The number of para-hydroxylation sites is 2. The molecule has 0 fully saturated rings. The van der Waals surface area contributed by atoms with Crippen molar-refractivity contribution in [3.8, 4) is 5.75 Å². The largest absolute Gasteiger partial charge is 0.492 e. The van der Waals surface area contributed by atoms with Crippen LogP contribution in [-0.4, -0.2) is 16.6 Å². The van der Waals surface area contributed by atoms with Crippen LogP contribution in [0.25, 0.3) is 11.0 Å². The first-order valence-electron chi connectivity index (χ1n) is 6.19. The minimum atomic E-state index is 0.152. The molecule has 2 aromatic carbocycles. The first-order chi connectivity index (χ1) is 9.33. The Kier molecular flexibility index (Phi) is 2.29. The monoisotopic (exact) mass is 270 g/mol. The highest BCUT2D eigenvalue weighted by atomic mass is 35.5. The summed E-state index contributed by atoms with van der Waals surface area (Å²) in [6, 6.07) is 13.8. The van der Waals surface area contributed by atoms with Gasteiger partial charge in [0.05, 0.1) is 16.5 Å². The van der Waals surface area contributed by atoms with Crippen molar-refractivity contribution in [2.45, 2.75) is 5.92 Å². The van der Waals surface area contributed by atoms with E-state index < -0.39 is 0 Å². The maximum absolute atomic E-state index is 6.16. The van der Waals surface area contributed by atoms with Crippen LogP contribution in [0.3, 0.4) is 0 Å². The zero-order valence-electron chi connectivity index (χ0n) is 10.1. The van der Waals surface area contributed by atoms with Crippen molar-refractivity contribution in [1.82, 2.24) is 9.97 Å². The van der Waals surface area contributed by atoms with Crippen LogP contribution in [0.4, 0.5) is 0 Å². The number of hydrogen-bond donors (Lipinski definition) is 1. The van der Waals surface area contributed by atoms with E-state index in [1.165, 1.54) is 5.56 Å². The summed E-state index contributed by atoms with van der Waals surface area (Å²) in [7, 11) is 0. The highest BCUT2D eigenvalue weighted by molar-refractivity contribution is 6.34. The maximum atomic E-state index is 6.16. The van der Waals surface area contributed by atoms with Gasteiger partial charge in [-0.15, -0.1) is 0 Å². The summed E-state index contributed by atoms with van der Waals surface area (Å²) in [5.41, 5.74) is 2.97. The lowest BCUT2D eigenvalue weighted by Crippen LogP contribution is -2.04. The number of rotatable bonds is 1. The van der Waals surface area contributed by atoms with Crippen molar-refractivity contribution in [1.29, 1.82) is 0 Å². The lowest BCUT2D eigenvalue weighted by atomic mass is 10.0. The second-order valence-corrected chi connectivity index (χ2v) is 5.07. The smallest absolute Gasteiger partial charge is 0.123 e. The summed E-state index contributed by atoms with van der Waals surface area (Å²) >= 11 is 6.16. The molecule has 0 spiro atoms. The molecule has 94 valence electrons. The van der Waals surface area contributed by atoms with E-state index in [0.717, 1.165) is 22.6 Å². The van der Waals surface area contributed by atoms with E-state index in [4.69, 9.17) is 16.3 Å². The van der Waals surface area contributed by atoms with Crippen LogP contribution in [0, 0.1) is 0 Å². The fourth-order valence-electron chi connectivity index (χ4n) is 2.57. The fraction of sp³-hybridized carbons (Fsp3) is 0.133. The van der Waals surface area contributed by atoms with Gasteiger partial charge < -0.3 is 9.72 Å². The lowest BCUT2D eigenvalue weighted by Gasteiger charge is -2.03. The number of imidazole rings is 1. The van der Waals surface area contributed by atoms with Gasteiger partial charge in [-0.3, -0.25) is 0 Å². The Morgan fingerprint density at radius 3 is 2.95 bits per heavy atom. The Labute approximate surface area is 115 Å². The molecule has 0 saturated heterocycles. The molecule has 3 aromatic rings. The van der Waals surface area contributed by atoms with E-state index in [1.54, 1.807) is 0 Å². The first-order valence-corrected chi connectivity index (χ1v) is 6.56. The van der Waals surface area contributed by atoms with E-state index in [2.05, 4.69) is 16.0 Å². The molecule has 4 rings (SSSR count). The van der Waals surface area contributed by atoms with Gasteiger partial charge in [0.25, 0.3) is 0 Å². The average molecular weight is 271 g/mol. The van der Waals surface area contributed by atoms with Gasteiger partial charge in [0.15, 0.2) is 0 Å². The van der Waals surface area contributed by atoms with Gasteiger partial charge >= 0.3 is 0 Å². The summed E-state index contributed by atoms with van der Waals surface area (Å²) < 4.78 is 5.70. The molecule has 1 atom stereocenters. The molecule has 0 saturated carbocycles. The number of nitrogens with one attached hydrogen (secondary N) is 1. The van der Waals surface area contributed by atoms with Gasteiger partial charge in [0.1, 0.15) is 23.7 Å². The van der Waals surface area contributed by atoms with Crippen LogP contribution in [-0.2, 0) is 0 Å². The fourth-order valence-corrected chi connectivity index (χ4v) is 2.79. The number of aromatic nitrogens is 2. The highest BCUT2D eigenvalue weighted by Gasteiger charge is 2.27. The number of ether oxygens (including phenoxy) is 1. The van der Waals surface area contributed by atoms with Gasteiger partial charge in [-0.25, -0.2) is 4.98 Å². The van der Waals surface area contributed by atoms with Gasteiger partial charge in [-0.1, -0.05) is 35.9 Å². The molecule has 1 N–H and O–H groups in total. The van der Waals surface area contributed by atoms with E-state index in [-0.39, 0.29) is 5.92 Å². The van der Waals surface area contributed by atoms with Gasteiger partial charge in [-0.05, 0) is 18.2 Å². The minimum Gasteiger partial charge on any atom is -0.492 e. The number of fused-ring (bicyclic) bond motifs is 2. The van der Waals surface area contributed by atoms with E-state index >= 15 is 0 Å². The molecule has 1 unspecified atom stereocenters. The molecule has 0 aliphatic carbocycles. The topological polar surface area (TPSA) is 37.9 Å². The van der Waals surface area contributed by atoms with Crippen LogP contribution in [0.15, 0.2) is 42.5 Å². The molecule has 1 aliphatic heterocycles. The maximum Gasteiger partial charge on any atom is 0.123 e. The van der Waals surface area contributed by atoms with Gasteiger partial charge in [0, 0.05) is 5.56 Å². The molecule has 1 aliphatic rings. The summed E-state index contributed by atoms with van der Waals surface area (Å²) in [4.78, 5) is 7.97. The molecule has 0 radical (unpaired) electrons. The minimum absolute atomic E-state index is 0.152. The summed E-state index contributed by atoms with van der Waals surface area (Å²) in [5.74, 6) is 2.01. The Balaban J connectivity index is 1.86. The second-order valence-electron chi connectivity index (χ2n) is 4.66. The molecule has 0 bridgehead atoms. The summed E-state index contributed by atoms with van der Waals surface area (Å²) in [6.07, 6.45) is 0. The molecule has 1 aromatic heterocycles. The van der Waals surface area contributed by atoms with Crippen LogP contribution in [0.1, 0.15) is 17.3 Å². The van der Waals surface area contributed by atoms with Crippen LogP contribution < -0.4 is 4.74 Å². The standard InChI is InChI=1S/C15H11ClN2O/c16-11-5-3-6-12-14(11)18-15(17-12)10-8-19-13-7-2-1-4-9(10)13/h1-7,10H,8H2,(H,17,18). The van der Waals surface area contributed by atoms with Crippen molar-refractivity contribution in [2.75, 3.05) is 6.61 Å². The average Bonchev–Trinajstić information content (AvgIpc) is 3.02. The highest BCUT2D eigenvalue weighted by Crippen LogP contribution is 2.37. The summed E-state index contributed by atoms with van der Waals surface area (Å²) in [6.45, 7) is 0.622. The quantitative estimate of drug-likeness (QED) is 0.731. The van der Waals surface area contributed by atoms with Crippen LogP contribution in [0.5, 0.6) is 5.75 Å². The van der Waals surface area contributed by atoms with E-state index in [0.29, 0.717) is 11.6 Å². The number of H-pyrrole nitrogens is 1. The van der Waals surface area contributed by atoms with E-state index in [9.17, 15) is 0 Å². The first kappa shape index (κ1) is 10.9. The molecule has 2 heterocycles. The number of halogens is 1. The Morgan fingerprint density at radius 2 is 2.05 bits per heavy atom. The van der Waals surface area contributed by atoms with Crippen molar-refractivity contribution in [2.24, 2.45) is 0 Å². The van der Waals surface area contributed by atoms with Crippen LogP contribution >= 0.6 is 11.6 Å². The SMILES string of the molecule is Clc1cccc2[nH]c(C3COc4ccccc43)nc12. The van der Waals surface area contributed by atoms with Crippen molar-refractivity contribution in [3.05, 3.63) is 58.9 Å². The molecule has 3 nitrogen and oxygen atoms in total. The van der Waals surface area contributed by atoms with Crippen molar-refractivity contribution in [3.63, 3.8) is 0 Å². The zero-order chi connectivity index (χ0) is 12.8. The second kappa shape index (κ2) is 4.00. The molecule has 19 heavy (non-hydrogen) atoms. The zero-order valence-corrected chi connectivity index (χ0v) is 10.8. The lowest BCUT2D eigenvalue weighted by molar-refractivity contribution is 0.340. The predicted octanol–water partition coefficient (Wildman–Crippen LogP) is 3.74. The van der Waals surface area contributed by atoms with Crippen molar-refractivity contribution < 1.29 is 4.74 Å². The Hall–Kier alpha value is -2.00. The summed E-state index contributed by atoms with van der Waals surface area (Å²) in [5, 5.41) is 0.673. The number of benzene rings is 2.